The maximum Gasteiger partial charge on any atom is 0.279 e. The fraction of sp³-hybridized carbons (Fsp3) is 0. The van der Waals surface area contributed by atoms with Gasteiger partial charge >= 0.3 is 0 Å². The van der Waals surface area contributed by atoms with E-state index >= 15 is 0 Å². The van der Waals surface area contributed by atoms with E-state index in [1.807, 2.05) is 24.3 Å². The molecule has 0 aliphatic carbocycles. The maximum atomic E-state index is 12.7. The summed E-state index contributed by atoms with van der Waals surface area (Å²) in [5.74, 6) is -0.201. The highest BCUT2D eigenvalue weighted by atomic mass is 32.2. The number of aromatic nitrogens is 4. The average Bonchev–Trinajstić information content (AvgIpc) is 3.11. The lowest BCUT2D eigenvalue weighted by atomic mass is 10.1. The lowest BCUT2D eigenvalue weighted by Gasteiger charge is -2.07. The summed E-state index contributed by atoms with van der Waals surface area (Å²) in [6, 6.07) is 13.6. The van der Waals surface area contributed by atoms with Gasteiger partial charge in [-0.25, -0.2) is 14.2 Å². The van der Waals surface area contributed by atoms with Gasteiger partial charge < -0.3 is 15.6 Å². The molecule has 0 radical (unpaired) electrons. The van der Waals surface area contributed by atoms with Crippen molar-refractivity contribution in [3.63, 3.8) is 0 Å². The molecule has 0 fully saturated rings. The van der Waals surface area contributed by atoms with Gasteiger partial charge in [0.2, 0.25) is 0 Å². The molecule has 0 saturated carbocycles. The third-order valence-corrected chi connectivity index (χ3v) is 4.75. The Kier molecular flexibility index (Phi) is 4.55. The van der Waals surface area contributed by atoms with Crippen molar-refractivity contribution in [2.24, 2.45) is 0 Å². The van der Waals surface area contributed by atoms with E-state index in [1.54, 1.807) is 12.1 Å². The van der Waals surface area contributed by atoms with Crippen LogP contribution in [-0.2, 0) is 11.1 Å². The Morgan fingerprint density at radius 1 is 1.14 bits per heavy atom. The van der Waals surface area contributed by atoms with Crippen LogP contribution in [0.3, 0.4) is 0 Å². The van der Waals surface area contributed by atoms with E-state index in [4.69, 9.17) is 10.3 Å². The molecule has 2 aromatic heterocycles. The SMILES string of the molecule is Nc1ncc(-c2ccc(S(=O)O)cc2)nc1C(=O)Nc1n[nH]c2ccccc12. The van der Waals surface area contributed by atoms with Crippen LogP contribution in [0.15, 0.2) is 59.6 Å². The van der Waals surface area contributed by atoms with Gasteiger partial charge in [-0.1, -0.05) is 24.3 Å². The van der Waals surface area contributed by atoms with Crippen molar-refractivity contribution in [2.75, 3.05) is 11.1 Å². The summed E-state index contributed by atoms with van der Waals surface area (Å²) in [7, 11) is 0. The van der Waals surface area contributed by atoms with E-state index in [-0.39, 0.29) is 16.4 Å². The summed E-state index contributed by atoms with van der Waals surface area (Å²) in [6.07, 6.45) is 1.43. The first-order valence-electron chi connectivity index (χ1n) is 8.11. The minimum Gasteiger partial charge on any atom is -0.382 e. The number of nitrogen functional groups attached to an aromatic ring is 1. The maximum absolute atomic E-state index is 12.7. The number of rotatable bonds is 4. The zero-order valence-corrected chi connectivity index (χ0v) is 15.1. The third kappa shape index (κ3) is 3.33. The Morgan fingerprint density at radius 2 is 1.89 bits per heavy atom. The summed E-state index contributed by atoms with van der Waals surface area (Å²) in [5, 5.41) is 10.4. The number of fused-ring (bicyclic) bond motifs is 1. The van der Waals surface area contributed by atoms with E-state index in [9.17, 15) is 9.00 Å². The number of H-pyrrole nitrogens is 1. The Hall–Kier alpha value is -3.63. The number of nitrogens with one attached hydrogen (secondary N) is 2. The molecule has 1 atom stereocenters. The van der Waals surface area contributed by atoms with Crippen LogP contribution in [0.2, 0.25) is 0 Å². The number of hydrogen-bond donors (Lipinski definition) is 4. The molecule has 4 rings (SSSR count). The van der Waals surface area contributed by atoms with Gasteiger partial charge in [-0.15, -0.1) is 0 Å². The molecule has 1 amide bonds. The summed E-state index contributed by atoms with van der Waals surface area (Å²) >= 11 is -2.07. The quantitative estimate of drug-likeness (QED) is 0.389. The topological polar surface area (TPSA) is 147 Å². The van der Waals surface area contributed by atoms with Crippen LogP contribution in [0.4, 0.5) is 11.6 Å². The Morgan fingerprint density at radius 3 is 2.64 bits per heavy atom. The minimum atomic E-state index is -2.07. The molecule has 28 heavy (non-hydrogen) atoms. The van der Waals surface area contributed by atoms with Crippen LogP contribution in [0.5, 0.6) is 0 Å². The highest BCUT2D eigenvalue weighted by molar-refractivity contribution is 7.79. The standard InChI is InChI=1S/C18H14N6O3S/c19-16-15(18(25)22-17-12-3-1-2-4-13(12)23-24-17)21-14(9-20-16)10-5-7-11(8-6-10)28(26)27/h1-9H,(H2,19,20)(H,26,27)(H2,22,23,24,25). The van der Waals surface area contributed by atoms with Gasteiger partial charge in [0.25, 0.3) is 5.91 Å². The molecule has 9 nitrogen and oxygen atoms in total. The lowest BCUT2D eigenvalue weighted by Crippen LogP contribution is -2.17. The zero-order valence-electron chi connectivity index (χ0n) is 14.3. The van der Waals surface area contributed by atoms with Crippen molar-refractivity contribution in [3.8, 4) is 11.3 Å². The van der Waals surface area contributed by atoms with Crippen LogP contribution in [0.1, 0.15) is 10.5 Å². The largest absolute Gasteiger partial charge is 0.382 e. The summed E-state index contributed by atoms with van der Waals surface area (Å²) in [6.45, 7) is 0. The van der Waals surface area contributed by atoms with E-state index in [1.165, 1.54) is 18.3 Å². The minimum absolute atomic E-state index is 0.0193. The van der Waals surface area contributed by atoms with E-state index < -0.39 is 17.0 Å². The number of benzene rings is 2. The van der Waals surface area contributed by atoms with E-state index in [0.717, 1.165) is 10.9 Å². The number of aromatic amines is 1. The van der Waals surface area contributed by atoms with Gasteiger partial charge in [0, 0.05) is 10.9 Å². The second-order valence-corrected chi connectivity index (χ2v) is 6.80. The number of hydrogen-bond acceptors (Lipinski definition) is 6. The second kappa shape index (κ2) is 7.18. The van der Waals surface area contributed by atoms with Gasteiger partial charge in [0.05, 0.1) is 22.3 Å². The van der Waals surface area contributed by atoms with Crippen molar-refractivity contribution < 1.29 is 13.6 Å². The van der Waals surface area contributed by atoms with Crippen molar-refractivity contribution in [1.29, 1.82) is 0 Å². The molecule has 2 aromatic carbocycles. The van der Waals surface area contributed by atoms with Crippen molar-refractivity contribution in [1.82, 2.24) is 20.2 Å². The Balaban J connectivity index is 1.65. The van der Waals surface area contributed by atoms with Crippen molar-refractivity contribution in [2.45, 2.75) is 4.90 Å². The van der Waals surface area contributed by atoms with Gasteiger partial charge in [-0.05, 0) is 24.3 Å². The van der Waals surface area contributed by atoms with Gasteiger partial charge in [0.15, 0.2) is 28.4 Å². The Labute approximate surface area is 161 Å². The number of carbonyl (C=O) groups excluding carboxylic acids is 1. The van der Waals surface area contributed by atoms with Gasteiger partial charge in [0.1, 0.15) is 0 Å². The lowest BCUT2D eigenvalue weighted by molar-refractivity contribution is 0.102. The van der Waals surface area contributed by atoms with Crippen molar-refractivity contribution >= 4 is 39.5 Å². The molecule has 2 heterocycles. The zero-order chi connectivity index (χ0) is 19.7. The van der Waals surface area contributed by atoms with Gasteiger partial charge in [-0.2, -0.15) is 5.10 Å². The molecule has 0 aliphatic heterocycles. The molecule has 5 N–H and O–H groups in total. The van der Waals surface area contributed by atoms with E-state index in [2.05, 4.69) is 25.5 Å². The molecule has 1 unspecified atom stereocenters. The number of anilines is 2. The number of para-hydroxylation sites is 1. The van der Waals surface area contributed by atoms with Crippen molar-refractivity contribution in [3.05, 3.63) is 60.4 Å². The number of nitrogens with two attached hydrogens (primary N) is 1. The van der Waals surface area contributed by atoms with Gasteiger partial charge in [-0.3, -0.25) is 9.89 Å². The highest BCUT2D eigenvalue weighted by Crippen LogP contribution is 2.23. The normalized spacial score (nSPS) is 12.0. The van der Waals surface area contributed by atoms with Crippen LogP contribution < -0.4 is 11.1 Å². The summed E-state index contributed by atoms with van der Waals surface area (Å²) in [5.41, 5.74) is 7.61. The molecule has 10 heteroatoms. The number of nitrogens with zero attached hydrogens (tertiary/aromatic N) is 3. The molecule has 0 bridgehead atoms. The fourth-order valence-electron chi connectivity index (χ4n) is 2.67. The predicted octanol–water partition coefficient (Wildman–Crippen LogP) is 2.44. The predicted molar refractivity (Wildman–Crippen MR) is 105 cm³/mol. The summed E-state index contributed by atoms with van der Waals surface area (Å²) < 4.78 is 20.2. The first-order chi connectivity index (χ1) is 13.5. The van der Waals surface area contributed by atoms with Crippen LogP contribution in [0, 0.1) is 0 Å². The number of carbonyl (C=O) groups is 1. The second-order valence-electron chi connectivity index (χ2n) is 5.83. The smallest absolute Gasteiger partial charge is 0.279 e. The van der Waals surface area contributed by atoms with Crippen LogP contribution in [0.25, 0.3) is 22.2 Å². The fourth-order valence-corrected chi connectivity index (χ4v) is 3.04. The molecule has 140 valence electrons. The highest BCUT2D eigenvalue weighted by Gasteiger charge is 2.17. The molecule has 0 aliphatic rings. The van der Waals surface area contributed by atoms with Crippen LogP contribution in [-0.4, -0.2) is 34.8 Å². The molecule has 0 spiro atoms. The number of amides is 1. The van der Waals surface area contributed by atoms with E-state index in [0.29, 0.717) is 17.1 Å². The monoisotopic (exact) mass is 394 g/mol. The first-order valence-corrected chi connectivity index (χ1v) is 9.22. The Bertz CT molecular complexity index is 1210. The molecular weight excluding hydrogens is 380 g/mol. The molecule has 4 aromatic rings. The van der Waals surface area contributed by atoms with Crippen LogP contribution >= 0.6 is 0 Å². The average molecular weight is 394 g/mol. The third-order valence-electron chi connectivity index (χ3n) is 4.07. The summed E-state index contributed by atoms with van der Waals surface area (Å²) in [4.78, 5) is 21.3. The first kappa shape index (κ1) is 17.8. The molecule has 0 saturated heterocycles. The molecular formula is C18H14N6O3S.